The Hall–Kier alpha value is 1.89. The van der Waals surface area contributed by atoms with Gasteiger partial charge in [0, 0.05) is 0 Å². The van der Waals surface area contributed by atoms with E-state index in [1.54, 1.807) is 20.8 Å². The highest BCUT2D eigenvalue weighted by atomic mass is 35.6. The fourth-order valence-corrected chi connectivity index (χ4v) is 6.23. The van der Waals surface area contributed by atoms with Crippen molar-refractivity contribution in [1.82, 2.24) is 13.7 Å². The van der Waals surface area contributed by atoms with Crippen LogP contribution in [0.15, 0.2) is 14.4 Å². The van der Waals surface area contributed by atoms with Crippen molar-refractivity contribution < 1.29 is 0 Å². The predicted octanol–water partition coefficient (Wildman–Crippen LogP) is 8.36. The summed E-state index contributed by atoms with van der Waals surface area (Å²) in [5.74, 6) is 0. The van der Waals surface area contributed by atoms with E-state index in [1.807, 2.05) is 0 Å². The SMILES string of the molecule is CCCC(Cl)(Cl)C(Cl)(Cl)n1c(=O)n(C(Cl)(Cl)C(Cl)(Cl)CCC)c(=O)n(C(Cl)(Cl)C(Cl)(Cl)CCC)c1=O. The number of alkyl halides is 12. The van der Waals surface area contributed by atoms with Crippen LogP contribution in [0.2, 0.25) is 0 Å². The summed E-state index contributed by atoms with van der Waals surface area (Å²) in [6.45, 7) is 5.03. The monoisotopic (exact) mass is 747 g/mol. The van der Waals surface area contributed by atoms with Gasteiger partial charge in [-0.2, -0.15) is 0 Å². The molecule has 1 rings (SSSR count). The molecule has 0 aliphatic heterocycles. The van der Waals surface area contributed by atoms with Crippen LogP contribution in [0, 0.1) is 0 Å². The van der Waals surface area contributed by atoms with E-state index in [1.165, 1.54) is 0 Å². The lowest BCUT2D eigenvalue weighted by molar-refractivity contribution is 0.333. The minimum Gasteiger partial charge on any atom is -0.247 e. The van der Waals surface area contributed by atoms with Gasteiger partial charge < -0.3 is 0 Å². The van der Waals surface area contributed by atoms with E-state index in [0.29, 0.717) is 19.3 Å². The molecule has 36 heavy (non-hydrogen) atoms. The van der Waals surface area contributed by atoms with Crippen molar-refractivity contribution in [2.24, 2.45) is 0 Å². The Kier molecular flexibility index (Phi) is 12.4. The molecule has 0 aromatic carbocycles. The Morgan fingerprint density at radius 1 is 0.444 bits per heavy atom. The lowest BCUT2D eigenvalue weighted by Crippen LogP contribution is -2.67. The summed E-state index contributed by atoms with van der Waals surface area (Å²) < 4.78 is -14.5. The van der Waals surface area contributed by atoms with Crippen LogP contribution in [-0.4, -0.2) is 26.7 Å². The van der Waals surface area contributed by atoms with Crippen molar-refractivity contribution in [3.05, 3.63) is 31.5 Å². The summed E-state index contributed by atoms with van der Waals surface area (Å²) in [7, 11) is 0. The molecule has 0 aliphatic carbocycles. The van der Waals surface area contributed by atoms with E-state index in [0.717, 1.165) is 0 Å². The Morgan fingerprint density at radius 3 is 0.750 bits per heavy atom. The van der Waals surface area contributed by atoms with E-state index in [-0.39, 0.29) is 33.0 Å². The highest BCUT2D eigenvalue weighted by molar-refractivity contribution is 6.62. The molecule has 1 aromatic heterocycles. The van der Waals surface area contributed by atoms with Crippen LogP contribution in [0.25, 0.3) is 0 Å². The summed E-state index contributed by atoms with van der Waals surface area (Å²) in [6, 6.07) is 0. The summed E-state index contributed by atoms with van der Waals surface area (Å²) in [4.78, 5) is 40.9. The zero-order valence-electron chi connectivity index (χ0n) is 18.8. The third kappa shape index (κ3) is 6.36. The maximum Gasteiger partial charge on any atom is 0.341 e. The second kappa shape index (κ2) is 12.4. The van der Waals surface area contributed by atoms with Crippen molar-refractivity contribution >= 4 is 139 Å². The first-order valence-electron chi connectivity index (χ1n) is 10.3. The number of nitrogens with zero attached hydrogens (tertiary/aromatic N) is 3. The van der Waals surface area contributed by atoms with Crippen LogP contribution >= 0.6 is 139 Å². The molecule has 0 unspecified atom stereocenters. The molecule has 0 fully saturated rings. The summed E-state index contributed by atoms with van der Waals surface area (Å²) >= 11 is 76.5. The molecule has 0 spiro atoms. The van der Waals surface area contributed by atoms with Gasteiger partial charge in [-0.05, 0) is 19.3 Å². The zero-order chi connectivity index (χ0) is 28.7. The molecule has 6 nitrogen and oxygen atoms in total. The van der Waals surface area contributed by atoms with E-state index in [2.05, 4.69) is 0 Å². The first kappa shape index (κ1) is 35.9. The molecule has 0 amide bonds. The van der Waals surface area contributed by atoms with Gasteiger partial charge in [0.1, 0.15) is 0 Å². The lowest BCUT2D eigenvalue weighted by Gasteiger charge is -2.39. The maximum atomic E-state index is 13.6. The minimum atomic E-state index is -2.75. The number of hydrogen-bond acceptors (Lipinski definition) is 3. The Bertz CT molecular complexity index is 953. The lowest BCUT2D eigenvalue weighted by atomic mass is 10.2. The average Bonchev–Trinajstić information content (AvgIpc) is 2.66. The standard InChI is InChI=1S/C18H21Cl12N3O3/c1-4-7-13(19,20)16(25,26)31-10(34)32(17(27,28)14(21,22)8-5-2)12(36)33(11(31)35)18(29,30)15(23,24)9-6-3/h4-9H2,1-3H3. The highest BCUT2D eigenvalue weighted by Gasteiger charge is 2.58. The van der Waals surface area contributed by atoms with Gasteiger partial charge in [0.05, 0.1) is 0 Å². The molecule has 18 heteroatoms. The molecule has 210 valence electrons. The van der Waals surface area contributed by atoms with Gasteiger partial charge in [0.25, 0.3) is 0 Å². The fraction of sp³-hybridized carbons (Fsp3) is 0.833. The molecule has 1 heterocycles. The van der Waals surface area contributed by atoms with Gasteiger partial charge in [-0.3, -0.25) is 0 Å². The van der Waals surface area contributed by atoms with E-state index >= 15 is 0 Å². The van der Waals surface area contributed by atoms with Crippen molar-refractivity contribution in [3.63, 3.8) is 0 Å². The number of aromatic nitrogens is 3. The molecule has 1 aromatic rings. The van der Waals surface area contributed by atoms with Gasteiger partial charge in [0.2, 0.25) is 13.4 Å². The largest absolute Gasteiger partial charge is 0.341 e. The van der Waals surface area contributed by atoms with Crippen LogP contribution in [0.5, 0.6) is 0 Å². The Morgan fingerprint density at radius 2 is 0.611 bits per heavy atom. The normalized spacial score (nSPS) is 14.4. The molecule has 0 radical (unpaired) electrons. The van der Waals surface area contributed by atoms with Gasteiger partial charge in [-0.25, -0.2) is 28.1 Å². The molecule has 0 N–H and O–H groups in total. The first-order valence-corrected chi connectivity index (χ1v) is 14.9. The van der Waals surface area contributed by atoms with Gasteiger partial charge >= 0.3 is 17.1 Å². The average molecular weight is 753 g/mol. The predicted molar refractivity (Wildman–Crippen MR) is 156 cm³/mol. The molecular weight excluding hydrogens is 732 g/mol. The Balaban J connectivity index is 4.47. The van der Waals surface area contributed by atoms with Crippen LogP contribution in [0.3, 0.4) is 0 Å². The smallest absolute Gasteiger partial charge is 0.247 e. The second-order valence-corrected chi connectivity index (χ2v) is 16.2. The van der Waals surface area contributed by atoms with Crippen molar-refractivity contribution in [1.29, 1.82) is 0 Å². The molecule has 0 aliphatic rings. The molecule has 0 saturated heterocycles. The van der Waals surface area contributed by atoms with Crippen LogP contribution < -0.4 is 17.1 Å². The molecule has 0 saturated carbocycles. The second-order valence-electron chi connectivity index (χ2n) is 7.84. The summed E-state index contributed by atoms with van der Waals surface area (Å²) in [5, 5.41) is 0. The fourth-order valence-electron chi connectivity index (χ4n) is 3.15. The van der Waals surface area contributed by atoms with Crippen LogP contribution in [0.4, 0.5) is 0 Å². The van der Waals surface area contributed by atoms with Crippen LogP contribution in [-0.2, 0) is 13.4 Å². The van der Waals surface area contributed by atoms with Gasteiger partial charge in [0.15, 0.2) is 13.0 Å². The Labute approximate surface area is 267 Å². The number of rotatable bonds is 12. The van der Waals surface area contributed by atoms with E-state index in [9.17, 15) is 14.4 Å². The maximum absolute atomic E-state index is 13.6. The number of hydrogen-bond donors (Lipinski definition) is 0. The molecule has 0 atom stereocenters. The van der Waals surface area contributed by atoms with E-state index in [4.69, 9.17) is 139 Å². The minimum absolute atomic E-state index is 0.0950. The van der Waals surface area contributed by atoms with Crippen LogP contribution in [0.1, 0.15) is 59.3 Å². The molecular formula is C18H21Cl12N3O3. The summed E-state index contributed by atoms with van der Waals surface area (Å²) in [5.41, 5.74) is -4.72. The first-order chi connectivity index (χ1) is 16.0. The van der Waals surface area contributed by atoms with Crippen molar-refractivity contribution in [2.45, 2.75) is 85.7 Å². The quantitative estimate of drug-likeness (QED) is 0.202. The highest BCUT2D eigenvalue weighted by Crippen LogP contribution is 2.51. The number of halogens is 12. The molecule has 0 bridgehead atoms. The van der Waals surface area contributed by atoms with Crippen molar-refractivity contribution in [2.75, 3.05) is 0 Å². The zero-order valence-corrected chi connectivity index (χ0v) is 27.9. The third-order valence-electron chi connectivity index (χ3n) is 5.00. The topological polar surface area (TPSA) is 66.0 Å². The van der Waals surface area contributed by atoms with Gasteiger partial charge in [-0.1, -0.05) is 179 Å². The van der Waals surface area contributed by atoms with E-state index < -0.39 is 43.4 Å². The summed E-state index contributed by atoms with van der Waals surface area (Å²) in [6.07, 6.45) is 0.572. The van der Waals surface area contributed by atoms with Gasteiger partial charge in [-0.15, -0.1) is 0 Å². The van der Waals surface area contributed by atoms with Crippen molar-refractivity contribution in [3.8, 4) is 0 Å². The third-order valence-corrected chi connectivity index (χ3v) is 11.9.